The van der Waals surface area contributed by atoms with Crippen molar-refractivity contribution in [1.29, 1.82) is 0 Å². The molecule has 2 rings (SSSR count). The fourth-order valence-electron chi connectivity index (χ4n) is 2.05. The average Bonchev–Trinajstić information content (AvgIpc) is 2.82. The molecule has 0 aliphatic heterocycles. The van der Waals surface area contributed by atoms with E-state index in [0.717, 1.165) is 5.69 Å². The van der Waals surface area contributed by atoms with Gasteiger partial charge in [-0.05, 0) is 12.1 Å². The van der Waals surface area contributed by atoms with Crippen molar-refractivity contribution in [1.82, 2.24) is 9.78 Å². The van der Waals surface area contributed by atoms with E-state index in [2.05, 4.69) is 5.10 Å². The van der Waals surface area contributed by atoms with E-state index < -0.39 is 6.10 Å². The van der Waals surface area contributed by atoms with Gasteiger partial charge >= 0.3 is 0 Å². The smallest absolute Gasteiger partial charge is 0.166 e. The SMILES string of the molecule is COc1cccc(C(O)Cc2ccn(C)n2)c1OC. The molecular formula is C14H18N2O3. The largest absolute Gasteiger partial charge is 0.493 e. The van der Waals surface area contributed by atoms with E-state index in [4.69, 9.17) is 9.47 Å². The van der Waals surface area contributed by atoms with Crippen LogP contribution in [0, 0.1) is 0 Å². The number of ether oxygens (including phenoxy) is 2. The lowest BCUT2D eigenvalue weighted by Gasteiger charge is -2.16. The van der Waals surface area contributed by atoms with Crippen LogP contribution >= 0.6 is 0 Å². The standard InChI is InChI=1S/C14H18N2O3/c1-16-8-7-10(15-16)9-12(17)11-5-4-6-13(18-2)14(11)19-3/h4-8,12,17H,9H2,1-3H3. The van der Waals surface area contributed by atoms with Gasteiger partial charge in [0.1, 0.15) is 0 Å². The van der Waals surface area contributed by atoms with Crippen LogP contribution in [0.4, 0.5) is 0 Å². The number of aromatic nitrogens is 2. The first-order valence-corrected chi connectivity index (χ1v) is 6.03. The summed E-state index contributed by atoms with van der Waals surface area (Å²) >= 11 is 0. The van der Waals surface area contributed by atoms with Gasteiger partial charge in [-0.3, -0.25) is 4.68 Å². The number of hydrogen-bond acceptors (Lipinski definition) is 4. The van der Waals surface area contributed by atoms with E-state index >= 15 is 0 Å². The highest BCUT2D eigenvalue weighted by molar-refractivity contribution is 5.47. The zero-order valence-electron chi connectivity index (χ0n) is 11.3. The van der Waals surface area contributed by atoms with Gasteiger partial charge in [0.25, 0.3) is 0 Å². The molecule has 0 saturated carbocycles. The summed E-state index contributed by atoms with van der Waals surface area (Å²) in [5.41, 5.74) is 1.53. The maximum absolute atomic E-state index is 10.3. The Hall–Kier alpha value is -2.01. The molecular weight excluding hydrogens is 244 g/mol. The number of rotatable bonds is 5. The number of para-hydroxylation sites is 1. The van der Waals surface area contributed by atoms with Crippen molar-refractivity contribution < 1.29 is 14.6 Å². The van der Waals surface area contributed by atoms with Gasteiger partial charge in [-0.15, -0.1) is 0 Å². The highest BCUT2D eigenvalue weighted by atomic mass is 16.5. The predicted molar refractivity (Wildman–Crippen MR) is 71.4 cm³/mol. The van der Waals surface area contributed by atoms with Crippen LogP contribution in [-0.4, -0.2) is 29.1 Å². The van der Waals surface area contributed by atoms with Gasteiger partial charge in [-0.25, -0.2) is 0 Å². The summed E-state index contributed by atoms with van der Waals surface area (Å²) < 4.78 is 12.3. The van der Waals surface area contributed by atoms with Crippen molar-refractivity contribution >= 4 is 0 Å². The summed E-state index contributed by atoms with van der Waals surface area (Å²) in [6, 6.07) is 7.35. The lowest BCUT2D eigenvalue weighted by atomic mass is 10.0. The first-order chi connectivity index (χ1) is 9.15. The molecule has 0 saturated heterocycles. The molecule has 0 aliphatic rings. The van der Waals surface area contributed by atoms with Gasteiger partial charge in [0.05, 0.1) is 26.0 Å². The van der Waals surface area contributed by atoms with E-state index in [0.29, 0.717) is 23.5 Å². The summed E-state index contributed by atoms with van der Waals surface area (Å²) in [5.74, 6) is 1.17. The third-order valence-electron chi connectivity index (χ3n) is 2.96. The van der Waals surface area contributed by atoms with Crippen molar-refractivity contribution in [3.05, 3.63) is 41.7 Å². The minimum absolute atomic E-state index is 0.435. The maximum Gasteiger partial charge on any atom is 0.166 e. The van der Waals surface area contributed by atoms with Crippen molar-refractivity contribution in [2.24, 2.45) is 7.05 Å². The normalized spacial score (nSPS) is 12.2. The zero-order valence-corrected chi connectivity index (χ0v) is 11.3. The topological polar surface area (TPSA) is 56.5 Å². The quantitative estimate of drug-likeness (QED) is 0.891. The van der Waals surface area contributed by atoms with Gasteiger partial charge in [0, 0.05) is 25.2 Å². The van der Waals surface area contributed by atoms with E-state index in [1.165, 1.54) is 0 Å². The lowest BCUT2D eigenvalue weighted by Crippen LogP contribution is -2.06. The summed E-state index contributed by atoms with van der Waals surface area (Å²) in [6.45, 7) is 0. The molecule has 5 nitrogen and oxygen atoms in total. The molecule has 1 aromatic carbocycles. The minimum atomic E-state index is -0.681. The summed E-state index contributed by atoms with van der Waals surface area (Å²) in [7, 11) is 4.99. The molecule has 102 valence electrons. The molecule has 0 fully saturated rings. The molecule has 0 spiro atoms. The minimum Gasteiger partial charge on any atom is -0.493 e. The van der Waals surface area contributed by atoms with Gasteiger partial charge in [0.2, 0.25) is 0 Å². The Balaban J connectivity index is 2.25. The Morgan fingerprint density at radius 3 is 2.63 bits per heavy atom. The average molecular weight is 262 g/mol. The van der Waals surface area contributed by atoms with Gasteiger partial charge < -0.3 is 14.6 Å². The number of methoxy groups -OCH3 is 2. The highest BCUT2D eigenvalue weighted by Gasteiger charge is 2.18. The molecule has 1 atom stereocenters. The van der Waals surface area contributed by atoms with Crippen LogP contribution in [-0.2, 0) is 13.5 Å². The number of aliphatic hydroxyl groups excluding tert-OH is 1. The number of aliphatic hydroxyl groups is 1. The third-order valence-corrected chi connectivity index (χ3v) is 2.96. The molecule has 0 bridgehead atoms. The Morgan fingerprint density at radius 2 is 2.05 bits per heavy atom. The second kappa shape index (κ2) is 5.75. The van der Waals surface area contributed by atoms with Gasteiger partial charge in [-0.1, -0.05) is 12.1 Å². The fourth-order valence-corrected chi connectivity index (χ4v) is 2.05. The van der Waals surface area contributed by atoms with E-state index in [1.807, 2.05) is 31.4 Å². The van der Waals surface area contributed by atoms with Crippen molar-refractivity contribution in [2.75, 3.05) is 14.2 Å². The Morgan fingerprint density at radius 1 is 1.26 bits per heavy atom. The molecule has 19 heavy (non-hydrogen) atoms. The van der Waals surface area contributed by atoms with Crippen molar-refractivity contribution in [3.8, 4) is 11.5 Å². The van der Waals surface area contributed by atoms with Crippen LogP contribution in [0.15, 0.2) is 30.5 Å². The van der Waals surface area contributed by atoms with Gasteiger partial charge in [0.15, 0.2) is 11.5 Å². The Labute approximate surface area is 112 Å². The lowest BCUT2D eigenvalue weighted by molar-refractivity contribution is 0.171. The summed E-state index contributed by atoms with van der Waals surface area (Å²) in [6.07, 6.45) is 1.61. The molecule has 0 amide bonds. The van der Waals surface area contributed by atoms with Gasteiger partial charge in [-0.2, -0.15) is 5.10 Å². The zero-order chi connectivity index (χ0) is 13.8. The fraction of sp³-hybridized carbons (Fsp3) is 0.357. The molecule has 1 N–H and O–H groups in total. The summed E-state index contributed by atoms with van der Waals surface area (Å²) in [5, 5.41) is 14.6. The van der Waals surface area contributed by atoms with Crippen LogP contribution in [0.3, 0.4) is 0 Å². The molecule has 5 heteroatoms. The first-order valence-electron chi connectivity index (χ1n) is 6.03. The van der Waals surface area contributed by atoms with Crippen LogP contribution < -0.4 is 9.47 Å². The predicted octanol–water partition coefficient (Wildman–Crippen LogP) is 1.71. The Bertz CT molecular complexity index is 551. The van der Waals surface area contributed by atoms with Crippen LogP contribution in [0.1, 0.15) is 17.4 Å². The van der Waals surface area contributed by atoms with E-state index in [9.17, 15) is 5.11 Å². The highest BCUT2D eigenvalue weighted by Crippen LogP contribution is 2.35. The number of hydrogen-bond donors (Lipinski definition) is 1. The second-order valence-electron chi connectivity index (χ2n) is 4.28. The number of benzene rings is 1. The molecule has 1 heterocycles. The van der Waals surface area contributed by atoms with Crippen LogP contribution in [0.25, 0.3) is 0 Å². The monoisotopic (exact) mass is 262 g/mol. The molecule has 2 aromatic rings. The molecule has 1 unspecified atom stereocenters. The van der Waals surface area contributed by atoms with E-state index in [1.54, 1.807) is 25.0 Å². The van der Waals surface area contributed by atoms with Crippen LogP contribution in [0.2, 0.25) is 0 Å². The van der Waals surface area contributed by atoms with Crippen molar-refractivity contribution in [3.63, 3.8) is 0 Å². The number of aryl methyl sites for hydroxylation is 1. The third kappa shape index (κ3) is 2.88. The van der Waals surface area contributed by atoms with Crippen molar-refractivity contribution in [2.45, 2.75) is 12.5 Å². The number of nitrogens with zero attached hydrogens (tertiary/aromatic N) is 2. The molecule has 0 aliphatic carbocycles. The second-order valence-corrected chi connectivity index (χ2v) is 4.28. The maximum atomic E-state index is 10.3. The Kier molecular flexibility index (Phi) is 4.06. The molecule has 1 aromatic heterocycles. The molecule has 0 radical (unpaired) electrons. The van der Waals surface area contributed by atoms with E-state index in [-0.39, 0.29) is 0 Å². The van der Waals surface area contributed by atoms with Crippen LogP contribution in [0.5, 0.6) is 11.5 Å². The first kappa shape index (κ1) is 13.4. The summed E-state index contributed by atoms with van der Waals surface area (Å²) in [4.78, 5) is 0.